The van der Waals surface area contributed by atoms with E-state index in [0.29, 0.717) is 25.3 Å². The SMILES string of the molecule is CCNC(=NCC(Cc1ccc(F)cc1)C(N)=O)NC(C)CCS(C)(=O)=O.I. The largest absolute Gasteiger partial charge is 0.369 e. The van der Waals surface area contributed by atoms with Crippen LogP contribution in [0.4, 0.5) is 4.39 Å². The number of benzene rings is 1. The average Bonchev–Trinajstić information content (AvgIpc) is 2.57. The monoisotopic (exact) mass is 528 g/mol. The third kappa shape index (κ3) is 11.4. The number of nitrogens with one attached hydrogen (secondary N) is 2. The highest BCUT2D eigenvalue weighted by Crippen LogP contribution is 2.10. The van der Waals surface area contributed by atoms with Crippen molar-refractivity contribution in [3.8, 4) is 0 Å². The topological polar surface area (TPSA) is 114 Å². The molecule has 0 aromatic heterocycles. The van der Waals surface area contributed by atoms with Gasteiger partial charge >= 0.3 is 0 Å². The van der Waals surface area contributed by atoms with Crippen LogP contribution in [-0.2, 0) is 21.1 Å². The summed E-state index contributed by atoms with van der Waals surface area (Å²) in [6.07, 6.45) is 2.01. The van der Waals surface area contributed by atoms with E-state index in [9.17, 15) is 17.6 Å². The molecule has 160 valence electrons. The molecular weight excluding hydrogens is 498 g/mol. The quantitative estimate of drug-likeness (QED) is 0.242. The van der Waals surface area contributed by atoms with E-state index in [0.717, 1.165) is 5.56 Å². The lowest BCUT2D eigenvalue weighted by atomic mass is 9.99. The smallest absolute Gasteiger partial charge is 0.222 e. The molecule has 1 amide bonds. The van der Waals surface area contributed by atoms with Gasteiger partial charge in [0, 0.05) is 18.8 Å². The number of aliphatic imine (C=N–C) groups is 1. The van der Waals surface area contributed by atoms with Gasteiger partial charge in [0.15, 0.2) is 5.96 Å². The number of hydrogen-bond acceptors (Lipinski definition) is 4. The normalized spacial score (nSPS) is 13.9. The maximum atomic E-state index is 13.0. The van der Waals surface area contributed by atoms with Crippen molar-refractivity contribution in [3.63, 3.8) is 0 Å². The van der Waals surface area contributed by atoms with E-state index in [1.165, 1.54) is 18.4 Å². The number of primary amides is 1. The molecule has 28 heavy (non-hydrogen) atoms. The Labute approximate surface area is 183 Å². The third-order valence-electron chi connectivity index (χ3n) is 3.92. The molecule has 1 aromatic carbocycles. The second-order valence-corrected chi connectivity index (χ2v) is 8.87. The van der Waals surface area contributed by atoms with Crippen molar-refractivity contribution in [2.24, 2.45) is 16.6 Å². The second-order valence-electron chi connectivity index (χ2n) is 6.61. The predicted octanol–water partition coefficient (Wildman–Crippen LogP) is 1.47. The Hall–Kier alpha value is -1.43. The zero-order valence-electron chi connectivity index (χ0n) is 16.4. The zero-order chi connectivity index (χ0) is 20.4. The fraction of sp³-hybridized carbons (Fsp3) is 0.556. The fourth-order valence-electron chi connectivity index (χ4n) is 2.38. The van der Waals surface area contributed by atoms with E-state index in [1.807, 2.05) is 13.8 Å². The van der Waals surface area contributed by atoms with Gasteiger partial charge in [-0.15, -0.1) is 24.0 Å². The van der Waals surface area contributed by atoms with E-state index >= 15 is 0 Å². The standard InChI is InChI=1S/C18H29FN4O3S.HI/c1-4-21-18(23-13(2)9-10-27(3,25)26)22-12-15(17(20)24)11-14-5-7-16(19)8-6-14;/h5-8,13,15H,4,9-12H2,1-3H3,(H2,20,24)(H2,21,22,23);1H. The Morgan fingerprint density at radius 2 is 1.89 bits per heavy atom. The zero-order valence-corrected chi connectivity index (χ0v) is 19.6. The van der Waals surface area contributed by atoms with Crippen molar-refractivity contribution < 1.29 is 17.6 Å². The van der Waals surface area contributed by atoms with Crippen LogP contribution in [0.15, 0.2) is 29.3 Å². The van der Waals surface area contributed by atoms with Crippen LogP contribution in [0.3, 0.4) is 0 Å². The van der Waals surface area contributed by atoms with Gasteiger partial charge in [-0.3, -0.25) is 9.79 Å². The van der Waals surface area contributed by atoms with Crippen LogP contribution in [0.2, 0.25) is 0 Å². The van der Waals surface area contributed by atoms with Crippen molar-refractivity contribution in [2.75, 3.05) is 25.1 Å². The Morgan fingerprint density at radius 1 is 1.29 bits per heavy atom. The molecule has 1 rings (SSSR count). The van der Waals surface area contributed by atoms with Crippen molar-refractivity contribution in [2.45, 2.75) is 32.7 Å². The summed E-state index contributed by atoms with van der Waals surface area (Å²) in [5.74, 6) is -0.783. The number of carbonyl (C=O) groups is 1. The first-order valence-electron chi connectivity index (χ1n) is 8.87. The van der Waals surface area contributed by atoms with Crippen LogP contribution in [0.25, 0.3) is 0 Å². The van der Waals surface area contributed by atoms with Crippen molar-refractivity contribution >= 4 is 45.7 Å². The number of nitrogens with zero attached hydrogens (tertiary/aromatic N) is 1. The molecule has 0 spiro atoms. The number of rotatable bonds is 10. The maximum absolute atomic E-state index is 13.0. The molecule has 0 aliphatic heterocycles. The number of hydrogen-bond donors (Lipinski definition) is 3. The molecule has 0 saturated carbocycles. The van der Waals surface area contributed by atoms with Gasteiger partial charge in [0.05, 0.1) is 18.2 Å². The first kappa shape index (κ1) is 26.6. The third-order valence-corrected chi connectivity index (χ3v) is 4.89. The summed E-state index contributed by atoms with van der Waals surface area (Å²) in [6, 6.07) is 5.80. The molecule has 7 nitrogen and oxygen atoms in total. The van der Waals surface area contributed by atoms with Crippen LogP contribution in [0.5, 0.6) is 0 Å². The minimum absolute atomic E-state index is 0. The maximum Gasteiger partial charge on any atom is 0.222 e. The minimum Gasteiger partial charge on any atom is -0.369 e. The Kier molecular flexibility index (Phi) is 12.3. The summed E-state index contributed by atoms with van der Waals surface area (Å²) >= 11 is 0. The predicted molar refractivity (Wildman–Crippen MR) is 121 cm³/mol. The summed E-state index contributed by atoms with van der Waals surface area (Å²) in [7, 11) is -3.03. The molecular formula is C18H30FIN4O3S. The molecule has 10 heteroatoms. The van der Waals surface area contributed by atoms with E-state index in [2.05, 4.69) is 15.6 Å². The number of carbonyl (C=O) groups excluding carboxylic acids is 1. The second kappa shape index (κ2) is 12.9. The van der Waals surface area contributed by atoms with Crippen molar-refractivity contribution in [1.29, 1.82) is 0 Å². The Morgan fingerprint density at radius 3 is 2.39 bits per heavy atom. The summed E-state index contributed by atoms with van der Waals surface area (Å²) < 4.78 is 35.6. The van der Waals surface area contributed by atoms with Gasteiger partial charge in [0.25, 0.3) is 0 Å². The molecule has 0 heterocycles. The lowest BCUT2D eigenvalue weighted by molar-refractivity contribution is -0.121. The molecule has 0 fully saturated rings. The van der Waals surface area contributed by atoms with Gasteiger partial charge in [-0.25, -0.2) is 12.8 Å². The van der Waals surface area contributed by atoms with Crippen molar-refractivity contribution in [3.05, 3.63) is 35.6 Å². The molecule has 1 aromatic rings. The first-order chi connectivity index (χ1) is 12.6. The summed E-state index contributed by atoms with van der Waals surface area (Å²) in [5.41, 5.74) is 6.28. The van der Waals surface area contributed by atoms with Gasteiger partial charge in [0.1, 0.15) is 15.7 Å². The molecule has 0 saturated heterocycles. The number of sulfone groups is 1. The number of amides is 1. The highest BCUT2D eigenvalue weighted by atomic mass is 127. The van der Waals surface area contributed by atoms with Crippen LogP contribution < -0.4 is 16.4 Å². The highest BCUT2D eigenvalue weighted by molar-refractivity contribution is 14.0. The molecule has 4 N–H and O–H groups in total. The Bertz CT molecular complexity index is 742. The fourth-order valence-corrected chi connectivity index (χ4v) is 3.16. The number of nitrogens with two attached hydrogens (primary N) is 1. The molecule has 0 aliphatic carbocycles. The minimum atomic E-state index is -3.03. The first-order valence-corrected chi connectivity index (χ1v) is 10.9. The van der Waals surface area contributed by atoms with E-state index < -0.39 is 21.7 Å². The lowest BCUT2D eigenvalue weighted by Crippen LogP contribution is -2.43. The Balaban J connectivity index is 0.00000729. The van der Waals surface area contributed by atoms with E-state index in [4.69, 9.17) is 5.73 Å². The number of halogens is 2. The molecule has 0 radical (unpaired) electrons. The van der Waals surface area contributed by atoms with Crippen LogP contribution in [0.1, 0.15) is 25.8 Å². The van der Waals surface area contributed by atoms with Gasteiger partial charge in [0.2, 0.25) is 5.91 Å². The molecule has 2 unspecified atom stereocenters. The number of guanidine groups is 1. The summed E-state index contributed by atoms with van der Waals surface area (Å²) in [5, 5.41) is 6.19. The summed E-state index contributed by atoms with van der Waals surface area (Å²) in [6.45, 7) is 4.55. The van der Waals surface area contributed by atoms with E-state index in [1.54, 1.807) is 12.1 Å². The van der Waals surface area contributed by atoms with Crippen molar-refractivity contribution in [1.82, 2.24) is 10.6 Å². The van der Waals surface area contributed by atoms with Gasteiger partial charge in [-0.05, 0) is 44.4 Å². The van der Waals surface area contributed by atoms with Gasteiger partial charge in [-0.1, -0.05) is 12.1 Å². The average molecular weight is 528 g/mol. The summed E-state index contributed by atoms with van der Waals surface area (Å²) in [4.78, 5) is 16.2. The lowest BCUT2D eigenvalue weighted by Gasteiger charge is -2.18. The van der Waals surface area contributed by atoms with Gasteiger partial charge < -0.3 is 16.4 Å². The van der Waals surface area contributed by atoms with Crippen LogP contribution >= 0.6 is 24.0 Å². The highest BCUT2D eigenvalue weighted by Gasteiger charge is 2.17. The molecule has 0 bridgehead atoms. The van der Waals surface area contributed by atoms with Crippen LogP contribution in [0, 0.1) is 11.7 Å². The molecule has 0 aliphatic rings. The van der Waals surface area contributed by atoms with Crippen LogP contribution in [-0.4, -0.2) is 51.4 Å². The molecule has 2 atom stereocenters. The van der Waals surface area contributed by atoms with E-state index in [-0.39, 0.29) is 48.1 Å². The van der Waals surface area contributed by atoms with Gasteiger partial charge in [-0.2, -0.15) is 0 Å².